The molecule has 0 radical (unpaired) electrons. The Morgan fingerprint density at radius 3 is 2.90 bits per heavy atom. The Kier molecular flexibility index (Phi) is 2.06. The number of H-pyrrole nitrogens is 1. The number of nitrogens with one attached hydrogen (secondary N) is 1. The van der Waals surface area contributed by atoms with Gasteiger partial charge in [0.15, 0.2) is 5.82 Å². The summed E-state index contributed by atoms with van der Waals surface area (Å²) in [6, 6.07) is 1.83. The van der Waals surface area contributed by atoms with Crippen LogP contribution in [0.15, 0.2) is 11.1 Å². The molecule has 1 aromatic heterocycles. The molecule has 0 saturated heterocycles. The average Bonchev–Trinajstić information content (AvgIpc) is 2.13. The van der Waals surface area contributed by atoms with Crippen LogP contribution in [0.4, 0.5) is 5.82 Å². The summed E-state index contributed by atoms with van der Waals surface area (Å²) in [5.41, 5.74) is 0.983. The number of nitrogens with zero attached hydrogens (tertiary/aromatic N) is 2. The molecule has 0 fully saturated rings. The molecule has 0 amide bonds. The second-order valence-electron chi connectivity index (χ2n) is 2.02. The SMILES string of the molecule is CC(Cl)=Nc1cc(C)[nH]n1. The second kappa shape index (κ2) is 2.84. The summed E-state index contributed by atoms with van der Waals surface area (Å²) in [7, 11) is 0. The minimum atomic E-state index is 0.492. The van der Waals surface area contributed by atoms with Crippen molar-refractivity contribution in [3.63, 3.8) is 0 Å². The first-order valence-electron chi connectivity index (χ1n) is 2.91. The summed E-state index contributed by atoms with van der Waals surface area (Å²) in [4.78, 5) is 3.92. The van der Waals surface area contributed by atoms with E-state index in [1.807, 2.05) is 13.0 Å². The van der Waals surface area contributed by atoms with Crippen LogP contribution >= 0.6 is 11.6 Å². The van der Waals surface area contributed by atoms with Crippen molar-refractivity contribution in [2.24, 2.45) is 4.99 Å². The molecule has 1 heterocycles. The van der Waals surface area contributed by atoms with Crippen LogP contribution in [0.3, 0.4) is 0 Å². The number of aromatic amines is 1. The number of hydrogen-bond acceptors (Lipinski definition) is 2. The smallest absolute Gasteiger partial charge is 0.174 e. The van der Waals surface area contributed by atoms with Crippen LogP contribution in [0.25, 0.3) is 0 Å². The monoisotopic (exact) mass is 157 g/mol. The van der Waals surface area contributed by atoms with Crippen LogP contribution in [0, 0.1) is 6.92 Å². The Labute approximate surface area is 64.1 Å². The molecule has 1 N–H and O–H groups in total. The molecule has 1 rings (SSSR count). The van der Waals surface area contributed by atoms with Crippen LogP contribution in [-0.2, 0) is 0 Å². The second-order valence-corrected chi connectivity index (χ2v) is 2.57. The summed E-state index contributed by atoms with van der Waals surface area (Å²) in [5, 5.41) is 7.11. The first-order valence-corrected chi connectivity index (χ1v) is 3.29. The number of halogens is 1. The predicted octanol–water partition coefficient (Wildman–Crippen LogP) is 2.01. The molecule has 0 saturated carbocycles. The Bertz CT molecular complexity index is 247. The molecule has 0 bridgehead atoms. The molecule has 4 heteroatoms. The molecule has 3 nitrogen and oxygen atoms in total. The summed E-state index contributed by atoms with van der Waals surface area (Å²) in [6.07, 6.45) is 0. The maximum Gasteiger partial charge on any atom is 0.174 e. The van der Waals surface area contributed by atoms with Crippen molar-refractivity contribution in [1.29, 1.82) is 0 Å². The van der Waals surface area contributed by atoms with Gasteiger partial charge in [-0.05, 0) is 13.8 Å². The summed E-state index contributed by atoms with van der Waals surface area (Å²) < 4.78 is 0. The standard InChI is InChI=1S/C6H8ClN3/c1-4-3-6(10-9-4)8-5(2)7/h3H,1-2H3,(H,9,10). The molecule has 54 valence electrons. The van der Waals surface area contributed by atoms with Crippen molar-refractivity contribution in [2.45, 2.75) is 13.8 Å². The molecule has 0 aliphatic rings. The highest BCUT2D eigenvalue weighted by Gasteiger charge is 1.92. The number of aromatic nitrogens is 2. The molecule has 0 aliphatic carbocycles. The highest BCUT2D eigenvalue weighted by molar-refractivity contribution is 6.65. The fourth-order valence-corrected chi connectivity index (χ4v) is 0.705. The van der Waals surface area contributed by atoms with Gasteiger partial charge in [-0.1, -0.05) is 11.6 Å². The maximum atomic E-state index is 5.52. The molecule has 0 aromatic carbocycles. The molecule has 0 unspecified atom stereocenters. The van der Waals surface area contributed by atoms with Crippen LogP contribution < -0.4 is 0 Å². The van der Waals surface area contributed by atoms with Crippen molar-refractivity contribution >= 4 is 22.6 Å². The van der Waals surface area contributed by atoms with E-state index < -0.39 is 0 Å². The highest BCUT2D eigenvalue weighted by atomic mass is 35.5. The zero-order chi connectivity index (χ0) is 7.56. The van der Waals surface area contributed by atoms with Gasteiger partial charge >= 0.3 is 0 Å². The van der Waals surface area contributed by atoms with Gasteiger partial charge in [-0.15, -0.1) is 0 Å². The summed E-state index contributed by atoms with van der Waals surface area (Å²) >= 11 is 5.52. The maximum absolute atomic E-state index is 5.52. The van der Waals surface area contributed by atoms with Crippen LogP contribution in [-0.4, -0.2) is 15.4 Å². The molecule has 10 heavy (non-hydrogen) atoms. The zero-order valence-electron chi connectivity index (χ0n) is 5.85. The van der Waals surface area contributed by atoms with Crippen molar-refractivity contribution < 1.29 is 0 Å². The minimum Gasteiger partial charge on any atom is -0.281 e. The Morgan fingerprint density at radius 1 is 1.80 bits per heavy atom. The van der Waals surface area contributed by atoms with E-state index in [0.29, 0.717) is 11.0 Å². The van der Waals surface area contributed by atoms with E-state index in [2.05, 4.69) is 15.2 Å². The third kappa shape index (κ3) is 1.84. The van der Waals surface area contributed by atoms with Gasteiger partial charge in [0.1, 0.15) is 5.17 Å². The fourth-order valence-electron chi connectivity index (χ4n) is 0.619. The lowest BCUT2D eigenvalue weighted by molar-refractivity contribution is 1.04. The van der Waals surface area contributed by atoms with Crippen molar-refractivity contribution in [2.75, 3.05) is 0 Å². The predicted molar refractivity (Wildman–Crippen MR) is 41.9 cm³/mol. The average molecular weight is 158 g/mol. The lowest BCUT2D eigenvalue weighted by atomic mass is 10.5. The number of rotatable bonds is 1. The molecule has 0 aliphatic heterocycles. The van der Waals surface area contributed by atoms with Crippen molar-refractivity contribution in [3.05, 3.63) is 11.8 Å². The normalized spacial score (nSPS) is 12.1. The van der Waals surface area contributed by atoms with E-state index in [9.17, 15) is 0 Å². The van der Waals surface area contributed by atoms with Gasteiger partial charge in [0.05, 0.1) is 0 Å². The highest BCUT2D eigenvalue weighted by Crippen LogP contribution is 2.08. The third-order valence-electron chi connectivity index (χ3n) is 0.961. The van der Waals surface area contributed by atoms with E-state index in [1.54, 1.807) is 6.92 Å². The molecule has 1 aromatic rings. The van der Waals surface area contributed by atoms with Crippen LogP contribution in [0.5, 0.6) is 0 Å². The van der Waals surface area contributed by atoms with E-state index in [4.69, 9.17) is 11.6 Å². The van der Waals surface area contributed by atoms with Gasteiger partial charge < -0.3 is 0 Å². The van der Waals surface area contributed by atoms with Gasteiger partial charge in [0.2, 0.25) is 0 Å². The number of hydrogen-bond donors (Lipinski definition) is 1. The van der Waals surface area contributed by atoms with Gasteiger partial charge in [0.25, 0.3) is 0 Å². The molecule has 0 atom stereocenters. The van der Waals surface area contributed by atoms with Gasteiger partial charge in [-0.2, -0.15) is 5.10 Å². The van der Waals surface area contributed by atoms with Crippen molar-refractivity contribution in [1.82, 2.24) is 10.2 Å². The van der Waals surface area contributed by atoms with E-state index in [1.165, 1.54) is 0 Å². The zero-order valence-corrected chi connectivity index (χ0v) is 6.61. The van der Waals surface area contributed by atoms with E-state index in [0.717, 1.165) is 5.69 Å². The Balaban J connectivity index is 2.86. The summed E-state index contributed by atoms with van der Waals surface area (Å²) in [5.74, 6) is 0.630. The van der Waals surface area contributed by atoms with Gasteiger partial charge in [-0.25, -0.2) is 4.99 Å². The lowest BCUT2D eigenvalue weighted by Gasteiger charge is -1.81. The summed E-state index contributed by atoms with van der Waals surface area (Å²) in [6.45, 7) is 3.63. The largest absolute Gasteiger partial charge is 0.281 e. The first kappa shape index (κ1) is 7.28. The number of aryl methyl sites for hydroxylation is 1. The Hall–Kier alpha value is -0.830. The van der Waals surface area contributed by atoms with Crippen LogP contribution in [0.1, 0.15) is 12.6 Å². The van der Waals surface area contributed by atoms with Crippen LogP contribution in [0.2, 0.25) is 0 Å². The number of aliphatic imine (C=N–C) groups is 1. The minimum absolute atomic E-state index is 0.492. The molecular formula is C6H8ClN3. The van der Waals surface area contributed by atoms with Crippen molar-refractivity contribution in [3.8, 4) is 0 Å². The first-order chi connectivity index (χ1) is 4.68. The van der Waals surface area contributed by atoms with E-state index in [-0.39, 0.29) is 0 Å². The molecular weight excluding hydrogens is 150 g/mol. The third-order valence-corrected chi connectivity index (χ3v) is 1.05. The van der Waals surface area contributed by atoms with E-state index >= 15 is 0 Å². The topological polar surface area (TPSA) is 41.0 Å². The van der Waals surface area contributed by atoms with Gasteiger partial charge in [0, 0.05) is 11.8 Å². The quantitative estimate of drug-likeness (QED) is 0.623. The Morgan fingerprint density at radius 2 is 2.50 bits per heavy atom. The molecule has 0 spiro atoms. The van der Waals surface area contributed by atoms with Gasteiger partial charge in [-0.3, -0.25) is 5.10 Å². The lowest BCUT2D eigenvalue weighted by Crippen LogP contribution is -1.73. The fraction of sp³-hybridized carbons (Fsp3) is 0.333.